The predicted octanol–water partition coefficient (Wildman–Crippen LogP) is 3.55. The molecule has 0 bridgehead atoms. The first-order valence-electron chi connectivity index (χ1n) is 6.59. The minimum absolute atomic E-state index is 0.294. The zero-order valence-electron chi connectivity index (χ0n) is 11.5. The quantitative estimate of drug-likeness (QED) is 0.797. The van der Waals surface area contributed by atoms with E-state index in [-0.39, 0.29) is 0 Å². The van der Waals surface area contributed by atoms with Crippen molar-refractivity contribution in [3.8, 4) is 16.8 Å². The molecule has 4 heteroatoms. The van der Waals surface area contributed by atoms with Gasteiger partial charge in [0.1, 0.15) is 0 Å². The van der Waals surface area contributed by atoms with Crippen molar-refractivity contribution in [2.24, 2.45) is 0 Å². The summed E-state index contributed by atoms with van der Waals surface area (Å²) in [7, 11) is 0. The molecule has 3 rings (SSSR count). The third-order valence-electron chi connectivity index (χ3n) is 3.32. The molecule has 0 aliphatic heterocycles. The van der Waals surface area contributed by atoms with Gasteiger partial charge >= 0.3 is 5.97 Å². The van der Waals surface area contributed by atoms with Gasteiger partial charge in [0.05, 0.1) is 17.4 Å². The number of rotatable bonds is 3. The van der Waals surface area contributed by atoms with E-state index in [1.54, 1.807) is 16.9 Å². The van der Waals surface area contributed by atoms with Crippen LogP contribution in [0.3, 0.4) is 0 Å². The van der Waals surface area contributed by atoms with E-state index < -0.39 is 5.97 Å². The third-order valence-corrected chi connectivity index (χ3v) is 3.32. The SMILES string of the molecule is Cc1ccc(-c2cnn(-c3ccccc3)c2)c(C(=O)O)c1. The van der Waals surface area contributed by atoms with Gasteiger partial charge in [-0.05, 0) is 30.7 Å². The summed E-state index contributed by atoms with van der Waals surface area (Å²) < 4.78 is 1.74. The Bertz CT molecular complexity index is 792. The fourth-order valence-corrected chi connectivity index (χ4v) is 2.27. The van der Waals surface area contributed by atoms with Crippen LogP contribution < -0.4 is 0 Å². The van der Waals surface area contributed by atoms with Crippen molar-refractivity contribution in [3.63, 3.8) is 0 Å². The Kier molecular flexibility index (Phi) is 3.28. The largest absolute Gasteiger partial charge is 0.478 e. The van der Waals surface area contributed by atoms with E-state index in [2.05, 4.69) is 5.10 Å². The Balaban J connectivity index is 2.07. The standard InChI is InChI=1S/C17H14N2O2/c1-12-7-8-15(16(9-12)17(20)21)13-10-18-19(11-13)14-5-3-2-4-6-14/h2-11H,1H3,(H,20,21). The molecule has 4 nitrogen and oxygen atoms in total. The van der Waals surface area contributed by atoms with Crippen molar-refractivity contribution in [2.45, 2.75) is 6.92 Å². The number of aromatic nitrogens is 2. The van der Waals surface area contributed by atoms with Crippen LogP contribution in [0.4, 0.5) is 0 Å². The monoisotopic (exact) mass is 278 g/mol. The maximum absolute atomic E-state index is 11.4. The lowest BCUT2D eigenvalue weighted by Crippen LogP contribution is -1.99. The Hall–Kier alpha value is -2.88. The Morgan fingerprint density at radius 1 is 1.14 bits per heavy atom. The number of para-hydroxylation sites is 1. The van der Waals surface area contributed by atoms with E-state index >= 15 is 0 Å². The maximum Gasteiger partial charge on any atom is 0.336 e. The van der Waals surface area contributed by atoms with Crippen molar-refractivity contribution >= 4 is 5.97 Å². The van der Waals surface area contributed by atoms with Crippen molar-refractivity contribution in [1.29, 1.82) is 0 Å². The summed E-state index contributed by atoms with van der Waals surface area (Å²) in [6, 6.07) is 15.1. The van der Waals surface area contributed by atoms with Crippen LogP contribution in [-0.2, 0) is 0 Å². The molecule has 2 aromatic carbocycles. The number of hydrogen-bond donors (Lipinski definition) is 1. The molecule has 104 valence electrons. The Morgan fingerprint density at radius 2 is 1.90 bits per heavy atom. The second-order valence-corrected chi connectivity index (χ2v) is 4.86. The zero-order valence-corrected chi connectivity index (χ0v) is 11.5. The number of carboxylic acid groups (broad SMARTS) is 1. The molecule has 0 atom stereocenters. The number of carboxylic acids is 1. The minimum atomic E-state index is -0.929. The summed E-state index contributed by atoms with van der Waals surface area (Å²) in [4.78, 5) is 11.4. The molecule has 0 amide bonds. The molecular formula is C17H14N2O2. The van der Waals surface area contributed by atoms with E-state index in [4.69, 9.17) is 0 Å². The highest BCUT2D eigenvalue weighted by molar-refractivity contribution is 5.96. The van der Waals surface area contributed by atoms with Crippen LogP contribution in [0.25, 0.3) is 16.8 Å². The van der Waals surface area contributed by atoms with Gasteiger partial charge in [-0.25, -0.2) is 9.48 Å². The number of nitrogens with zero attached hydrogens (tertiary/aromatic N) is 2. The number of benzene rings is 2. The van der Waals surface area contributed by atoms with Crippen LogP contribution in [-0.4, -0.2) is 20.9 Å². The topological polar surface area (TPSA) is 55.1 Å². The van der Waals surface area contributed by atoms with E-state index in [1.807, 2.05) is 55.6 Å². The smallest absolute Gasteiger partial charge is 0.336 e. The number of carbonyl (C=O) groups is 1. The fraction of sp³-hybridized carbons (Fsp3) is 0.0588. The molecule has 1 N–H and O–H groups in total. The van der Waals surface area contributed by atoms with Gasteiger partial charge < -0.3 is 5.11 Å². The zero-order chi connectivity index (χ0) is 14.8. The van der Waals surface area contributed by atoms with Gasteiger partial charge in [-0.15, -0.1) is 0 Å². The summed E-state index contributed by atoms with van der Waals surface area (Å²) in [5, 5.41) is 13.7. The van der Waals surface area contributed by atoms with Crippen LogP contribution in [0.1, 0.15) is 15.9 Å². The second-order valence-electron chi connectivity index (χ2n) is 4.86. The average Bonchev–Trinajstić information content (AvgIpc) is 2.97. The van der Waals surface area contributed by atoms with E-state index in [1.165, 1.54) is 0 Å². The minimum Gasteiger partial charge on any atom is -0.478 e. The first kappa shape index (κ1) is 13.1. The summed E-state index contributed by atoms with van der Waals surface area (Å²) in [6.45, 7) is 1.88. The van der Waals surface area contributed by atoms with Crippen molar-refractivity contribution in [3.05, 3.63) is 72.1 Å². The molecule has 0 fully saturated rings. The first-order chi connectivity index (χ1) is 10.1. The molecule has 0 saturated carbocycles. The number of aromatic carboxylic acids is 1. The number of hydrogen-bond acceptors (Lipinski definition) is 2. The summed E-state index contributed by atoms with van der Waals surface area (Å²) in [5.41, 5.74) is 3.62. The van der Waals surface area contributed by atoms with E-state index in [9.17, 15) is 9.90 Å². The van der Waals surface area contributed by atoms with Gasteiger partial charge in [0.2, 0.25) is 0 Å². The van der Waals surface area contributed by atoms with Gasteiger partial charge in [-0.1, -0.05) is 35.9 Å². The van der Waals surface area contributed by atoms with E-state index in [0.29, 0.717) is 11.1 Å². The summed E-state index contributed by atoms with van der Waals surface area (Å²) >= 11 is 0. The predicted molar refractivity (Wildman–Crippen MR) is 80.7 cm³/mol. The highest BCUT2D eigenvalue weighted by Crippen LogP contribution is 2.25. The lowest BCUT2D eigenvalue weighted by molar-refractivity contribution is 0.0697. The van der Waals surface area contributed by atoms with Crippen molar-refractivity contribution in [1.82, 2.24) is 9.78 Å². The highest BCUT2D eigenvalue weighted by Gasteiger charge is 2.13. The molecule has 0 aliphatic carbocycles. The third kappa shape index (κ3) is 2.56. The Morgan fingerprint density at radius 3 is 2.62 bits per heavy atom. The van der Waals surface area contributed by atoms with Crippen molar-refractivity contribution in [2.75, 3.05) is 0 Å². The van der Waals surface area contributed by atoms with Crippen LogP contribution in [0.2, 0.25) is 0 Å². The normalized spacial score (nSPS) is 10.5. The molecule has 0 aliphatic rings. The van der Waals surface area contributed by atoms with Crippen LogP contribution in [0.15, 0.2) is 60.9 Å². The summed E-state index contributed by atoms with van der Waals surface area (Å²) in [5.74, 6) is -0.929. The molecule has 0 radical (unpaired) electrons. The second kappa shape index (κ2) is 5.25. The van der Waals surface area contributed by atoms with Gasteiger partial charge in [0.25, 0.3) is 0 Å². The van der Waals surface area contributed by atoms with Gasteiger partial charge in [-0.3, -0.25) is 0 Å². The van der Waals surface area contributed by atoms with Crippen LogP contribution >= 0.6 is 0 Å². The lowest BCUT2D eigenvalue weighted by Gasteiger charge is -2.05. The molecule has 1 heterocycles. The van der Waals surface area contributed by atoms with Gasteiger partial charge in [-0.2, -0.15) is 5.10 Å². The molecule has 1 aromatic heterocycles. The first-order valence-corrected chi connectivity index (χ1v) is 6.59. The molecule has 0 spiro atoms. The molecule has 21 heavy (non-hydrogen) atoms. The van der Waals surface area contributed by atoms with Gasteiger partial charge in [0, 0.05) is 11.8 Å². The molecule has 0 saturated heterocycles. The lowest BCUT2D eigenvalue weighted by atomic mass is 10.0. The van der Waals surface area contributed by atoms with Gasteiger partial charge in [0.15, 0.2) is 0 Å². The fourth-order valence-electron chi connectivity index (χ4n) is 2.27. The number of aryl methyl sites for hydroxylation is 1. The van der Waals surface area contributed by atoms with Crippen molar-refractivity contribution < 1.29 is 9.90 Å². The van der Waals surface area contributed by atoms with Crippen LogP contribution in [0.5, 0.6) is 0 Å². The molecular weight excluding hydrogens is 264 g/mol. The Labute approximate surface area is 122 Å². The maximum atomic E-state index is 11.4. The molecule has 3 aromatic rings. The molecule has 0 unspecified atom stereocenters. The average molecular weight is 278 g/mol. The summed E-state index contributed by atoms with van der Waals surface area (Å²) in [6.07, 6.45) is 3.52. The highest BCUT2D eigenvalue weighted by atomic mass is 16.4. The van der Waals surface area contributed by atoms with E-state index in [0.717, 1.165) is 16.8 Å². The van der Waals surface area contributed by atoms with Crippen LogP contribution in [0, 0.1) is 6.92 Å².